The number of benzene rings is 1. The number of nitrogens with one attached hydrogen (secondary N) is 1. The van der Waals surface area contributed by atoms with E-state index in [4.69, 9.17) is 0 Å². The first kappa shape index (κ1) is 11.0. The van der Waals surface area contributed by atoms with Crippen LogP contribution < -0.4 is 5.32 Å². The van der Waals surface area contributed by atoms with Crippen molar-refractivity contribution in [1.29, 1.82) is 0 Å². The van der Waals surface area contributed by atoms with E-state index < -0.39 is 0 Å². The summed E-state index contributed by atoms with van der Waals surface area (Å²) in [6.45, 7) is 0. The molecule has 0 aliphatic heterocycles. The minimum absolute atomic E-state index is 0.0380. The minimum Gasteiger partial charge on any atom is -0.359 e. The number of likely N-dealkylation sites (N-methyl/N-ethyl adjacent to an activating group) is 1. The van der Waals surface area contributed by atoms with Gasteiger partial charge in [-0.05, 0) is 46.4 Å². The van der Waals surface area contributed by atoms with Crippen molar-refractivity contribution >= 4 is 44.4 Å². The first-order valence-corrected chi connectivity index (χ1v) is 5.65. The lowest BCUT2D eigenvalue weighted by atomic mass is 10.1. The number of halogens is 2. The zero-order valence-electron chi connectivity index (χ0n) is 7.10. The summed E-state index contributed by atoms with van der Waals surface area (Å²) < 4.78 is 2.12. The average Bonchev–Trinajstić information content (AvgIpc) is 2.11. The van der Waals surface area contributed by atoms with Gasteiger partial charge in [0.15, 0.2) is 0 Å². The van der Waals surface area contributed by atoms with Crippen molar-refractivity contribution < 1.29 is 4.79 Å². The molecule has 0 radical (unpaired) electrons. The second kappa shape index (κ2) is 4.95. The van der Waals surface area contributed by atoms with E-state index in [1.807, 2.05) is 18.2 Å². The van der Waals surface area contributed by atoms with Crippen LogP contribution in [-0.4, -0.2) is 13.0 Å². The van der Waals surface area contributed by atoms with Crippen LogP contribution in [0.25, 0.3) is 0 Å². The summed E-state index contributed by atoms with van der Waals surface area (Å²) in [6, 6.07) is 5.93. The van der Waals surface area contributed by atoms with E-state index in [1.54, 1.807) is 7.05 Å². The Hall–Kier alpha value is -0.100. The Labute approximate surface area is 99.4 Å². The highest BCUT2D eigenvalue weighted by molar-refractivity contribution is 14.1. The molecular weight excluding hydrogens is 345 g/mol. The normalized spacial score (nSPS) is 9.77. The van der Waals surface area contributed by atoms with Crippen molar-refractivity contribution in [3.8, 4) is 0 Å². The molecule has 0 bridgehead atoms. The summed E-state index contributed by atoms with van der Waals surface area (Å²) in [4.78, 5) is 11.1. The van der Waals surface area contributed by atoms with Crippen LogP contribution >= 0.6 is 38.5 Å². The zero-order valence-corrected chi connectivity index (χ0v) is 10.8. The Morgan fingerprint density at radius 2 is 2.31 bits per heavy atom. The van der Waals surface area contributed by atoms with Gasteiger partial charge in [-0.1, -0.05) is 15.9 Å². The SMILES string of the molecule is CNC(=O)Cc1cc(Br)ccc1I. The lowest BCUT2D eigenvalue weighted by molar-refractivity contribution is -0.119. The van der Waals surface area contributed by atoms with E-state index in [1.165, 1.54) is 0 Å². The fourth-order valence-electron chi connectivity index (χ4n) is 0.940. The molecule has 0 spiro atoms. The Kier molecular flexibility index (Phi) is 4.18. The van der Waals surface area contributed by atoms with Gasteiger partial charge in [-0.2, -0.15) is 0 Å². The lowest BCUT2D eigenvalue weighted by Gasteiger charge is -2.03. The molecule has 0 aliphatic carbocycles. The first-order valence-electron chi connectivity index (χ1n) is 3.78. The molecule has 70 valence electrons. The number of rotatable bonds is 2. The molecule has 0 atom stereocenters. The van der Waals surface area contributed by atoms with Gasteiger partial charge in [-0.25, -0.2) is 0 Å². The fraction of sp³-hybridized carbons (Fsp3) is 0.222. The molecule has 4 heteroatoms. The van der Waals surface area contributed by atoms with E-state index in [9.17, 15) is 4.79 Å². The number of carbonyl (C=O) groups excluding carboxylic acids is 1. The van der Waals surface area contributed by atoms with Gasteiger partial charge in [0.2, 0.25) is 5.91 Å². The molecule has 0 unspecified atom stereocenters. The quantitative estimate of drug-likeness (QED) is 0.812. The first-order chi connectivity index (χ1) is 6.13. The Balaban J connectivity index is 2.87. The second-order valence-corrected chi connectivity index (χ2v) is 4.66. The molecule has 2 nitrogen and oxygen atoms in total. The van der Waals surface area contributed by atoms with Crippen LogP contribution in [0.5, 0.6) is 0 Å². The molecule has 1 amide bonds. The summed E-state index contributed by atoms with van der Waals surface area (Å²) in [5.41, 5.74) is 1.05. The number of carbonyl (C=O) groups is 1. The highest BCUT2D eigenvalue weighted by Crippen LogP contribution is 2.18. The van der Waals surface area contributed by atoms with Gasteiger partial charge in [0.05, 0.1) is 6.42 Å². The van der Waals surface area contributed by atoms with Gasteiger partial charge in [0.1, 0.15) is 0 Å². The number of hydrogen-bond donors (Lipinski definition) is 1. The van der Waals surface area contributed by atoms with Gasteiger partial charge in [0.25, 0.3) is 0 Å². The summed E-state index contributed by atoms with van der Waals surface area (Å²) in [6.07, 6.45) is 0.439. The highest BCUT2D eigenvalue weighted by atomic mass is 127. The predicted octanol–water partition coefficient (Wildman–Crippen LogP) is 2.34. The Morgan fingerprint density at radius 1 is 1.62 bits per heavy atom. The molecular formula is C9H9BrINO. The highest BCUT2D eigenvalue weighted by Gasteiger charge is 2.05. The van der Waals surface area contributed by atoms with Crippen LogP contribution in [0, 0.1) is 3.57 Å². The maximum atomic E-state index is 11.1. The molecule has 0 aliphatic rings. The third-order valence-corrected chi connectivity index (χ3v) is 3.18. The molecule has 1 aromatic rings. The monoisotopic (exact) mass is 353 g/mol. The van der Waals surface area contributed by atoms with Crippen LogP contribution in [0.15, 0.2) is 22.7 Å². The molecule has 0 fully saturated rings. The zero-order chi connectivity index (χ0) is 9.84. The van der Waals surface area contributed by atoms with E-state index in [0.717, 1.165) is 13.6 Å². The third-order valence-electron chi connectivity index (χ3n) is 1.64. The van der Waals surface area contributed by atoms with E-state index in [0.29, 0.717) is 6.42 Å². The Morgan fingerprint density at radius 3 is 2.92 bits per heavy atom. The summed E-state index contributed by atoms with van der Waals surface area (Å²) in [5.74, 6) is 0.0380. The van der Waals surface area contributed by atoms with Crippen LogP contribution in [-0.2, 0) is 11.2 Å². The van der Waals surface area contributed by atoms with Gasteiger partial charge in [0, 0.05) is 15.1 Å². The topological polar surface area (TPSA) is 29.1 Å². The van der Waals surface area contributed by atoms with E-state index >= 15 is 0 Å². The molecule has 0 saturated heterocycles. The van der Waals surface area contributed by atoms with Crippen molar-refractivity contribution in [2.45, 2.75) is 6.42 Å². The van der Waals surface area contributed by atoms with Gasteiger partial charge in [-0.3, -0.25) is 4.79 Å². The van der Waals surface area contributed by atoms with Crippen LogP contribution in [0.4, 0.5) is 0 Å². The van der Waals surface area contributed by atoms with Crippen molar-refractivity contribution in [1.82, 2.24) is 5.32 Å². The molecule has 1 rings (SSSR count). The van der Waals surface area contributed by atoms with Crippen LogP contribution in [0.2, 0.25) is 0 Å². The second-order valence-electron chi connectivity index (χ2n) is 2.59. The maximum absolute atomic E-state index is 11.1. The maximum Gasteiger partial charge on any atom is 0.224 e. The minimum atomic E-state index is 0.0380. The molecule has 13 heavy (non-hydrogen) atoms. The predicted molar refractivity (Wildman–Crippen MR) is 64.6 cm³/mol. The van der Waals surface area contributed by atoms with Gasteiger partial charge < -0.3 is 5.32 Å². The Bertz CT molecular complexity index is 327. The fourth-order valence-corrected chi connectivity index (χ4v) is 1.87. The summed E-state index contributed by atoms with van der Waals surface area (Å²) >= 11 is 5.60. The molecule has 1 N–H and O–H groups in total. The lowest BCUT2D eigenvalue weighted by Crippen LogP contribution is -2.20. The van der Waals surface area contributed by atoms with Gasteiger partial charge in [-0.15, -0.1) is 0 Å². The van der Waals surface area contributed by atoms with Crippen molar-refractivity contribution in [2.24, 2.45) is 0 Å². The van der Waals surface area contributed by atoms with Crippen LogP contribution in [0.3, 0.4) is 0 Å². The van der Waals surface area contributed by atoms with E-state index in [-0.39, 0.29) is 5.91 Å². The average molecular weight is 354 g/mol. The number of hydrogen-bond acceptors (Lipinski definition) is 1. The summed E-state index contributed by atoms with van der Waals surface area (Å²) in [5, 5.41) is 2.60. The molecule has 0 aromatic heterocycles. The molecule has 1 aromatic carbocycles. The van der Waals surface area contributed by atoms with Gasteiger partial charge >= 0.3 is 0 Å². The smallest absolute Gasteiger partial charge is 0.224 e. The summed E-state index contributed by atoms with van der Waals surface area (Å²) in [7, 11) is 1.65. The van der Waals surface area contributed by atoms with E-state index in [2.05, 4.69) is 43.8 Å². The standard InChI is InChI=1S/C9H9BrINO/c1-12-9(13)5-6-4-7(10)2-3-8(6)11/h2-4H,5H2,1H3,(H,12,13). The van der Waals surface area contributed by atoms with Crippen molar-refractivity contribution in [2.75, 3.05) is 7.05 Å². The third kappa shape index (κ3) is 3.27. The van der Waals surface area contributed by atoms with Crippen molar-refractivity contribution in [3.05, 3.63) is 31.8 Å². The number of amides is 1. The molecule has 0 heterocycles. The van der Waals surface area contributed by atoms with Crippen molar-refractivity contribution in [3.63, 3.8) is 0 Å². The largest absolute Gasteiger partial charge is 0.359 e. The van der Waals surface area contributed by atoms with Crippen LogP contribution in [0.1, 0.15) is 5.56 Å². The molecule has 0 saturated carbocycles.